The molecule has 1 atom stereocenters. The summed E-state index contributed by atoms with van der Waals surface area (Å²) in [6.45, 7) is 0. The third kappa shape index (κ3) is 1.76. The highest BCUT2D eigenvalue weighted by molar-refractivity contribution is 9.10. The summed E-state index contributed by atoms with van der Waals surface area (Å²) in [6.07, 6.45) is 2.31. The molecule has 0 spiro atoms. The van der Waals surface area contributed by atoms with Crippen molar-refractivity contribution in [1.29, 1.82) is 0 Å². The van der Waals surface area contributed by atoms with Crippen molar-refractivity contribution in [2.75, 3.05) is 0 Å². The fraction of sp³-hybridized carbons (Fsp3) is 0.417. The molecule has 2 rings (SSSR count). The van der Waals surface area contributed by atoms with Gasteiger partial charge in [0.05, 0.1) is 5.41 Å². The van der Waals surface area contributed by atoms with E-state index < -0.39 is 17.4 Å². The van der Waals surface area contributed by atoms with Gasteiger partial charge in [0, 0.05) is 10.5 Å². The summed E-state index contributed by atoms with van der Waals surface area (Å²) in [6, 6.07) is 7.15. The zero-order valence-electron chi connectivity index (χ0n) is 8.82. The predicted molar refractivity (Wildman–Crippen MR) is 65.0 cm³/mol. The second-order valence-corrected chi connectivity index (χ2v) is 5.26. The van der Waals surface area contributed by atoms with Crippen molar-refractivity contribution in [3.63, 3.8) is 0 Å². The summed E-state index contributed by atoms with van der Waals surface area (Å²) < 4.78 is 0.931. The first-order valence-corrected chi connectivity index (χ1v) is 6.10. The van der Waals surface area contributed by atoms with Gasteiger partial charge < -0.3 is 10.8 Å². The Hall–Kier alpha value is -0.870. The summed E-state index contributed by atoms with van der Waals surface area (Å²) in [5, 5.41) is 9.29. The Morgan fingerprint density at radius 1 is 1.50 bits per heavy atom. The summed E-state index contributed by atoms with van der Waals surface area (Å²) in [4.78, 5) is 11.3. The maximum absolute atomic E-state index is 11.3. The third-order valence-electron chi connectivity index (χ3n) is 3.47. The van der Waals surface area contributed by atoms with E-state index in [0.29, 0.717) is 12.8 Å². The molecular formula is C12H14BrNO2. The molecule has 3 N–H and O–H groups in total. The van der Waals surface area contributed by atoms with E-state index in [0.717, 1.165) is 16.5 Å². The quantitative estimate of drug-likeness (QED) is 0.897. The fourth-order valence-electron chi connectivity index (χ4n) is 2.23. The van der Waals surface area contributed by atoms with Gasteiger partial charge in [-0.15, -0.1) is 0 Å². The monoisotopic (exact) mass is 283 g/mol. The van der Waals surface area contributed by atoms with Crippen LogP contribution in [-0.4, -0.2) is 11.1 Å². The third-order valence-corrected chi connectivity index (χ3v) is 3.97. The van der Waals surface area contributed by atoms with Crippen LogP contribution in [0.25, 0.3) is 0 Å². The molecule has 1 saturated carbocycles. The van der Waals surface area contributed by atoms with Crippen LogP contribution < -0.4 is 5.73 Å². The maximum Gasteiger partial charge on any atom is 0.311 e. The number of hydrogen-bond acceptors (Lipinski definition) is 2. The SMILES string of the molecule is NC(c1cccc(Br)c1)C1(C(=O)O)CCC1. The molecule has 0 amide bonds. The Labute approximate surface area is 103 Å². The molecule has 16 heavy (non-hydrogen) atoms. The topological polar surface area (TPSA) is 63.3 Å². The maximum atomic E-state index is 11.3. The summed E-state index contributed by atoms with van der Waals surface area (Å²) in [7, 11) is 0. The summed E-state index contributed by atoms with van der Waals surface area (Å²) in [5.41, 5.74) is 6.24. The Bertz CT molecular complexity index is 415. The van der Waals surface area contributed by atoms with Crippen molar-refractivity contribution in [2.45, 2.75) is 25.3 Å². The predicted octanol–water partition coefficient (Wildman–Crippen LogP) is 2.70. The first kappa shape index (κ1) is 11.6. The van der Waals surface area contributed by atoms with Gasteiger partial charge in [0.15, 0.2) is 0 Å². The van der Waals surface area contributed by atoms with Crippen LogP contribution in [0.15, 0.2) is 28.7 Å². The van der Waals surface area contributed by atoms with Crippen LogP contribution in [0.5, 0.6) is 0 Å². The molecule has 1 fully saturated rings. The highest BCUT2D eigenvalue weighted by atomic mass is 79.9. The molecule has 0 aliphatic heterocycles. The van der Waals surface area contributed by atoms with Crippen molar-refractivity contribution in [1.82, 2.24) is 0 Å². The van der Waals surface area contributed by atoms with Crippen molar-refractivity contribution in [3.8, 4) is 0 Å². The molecule has 1 unspecified atom stereocenters. The number of rotatable bonds is 3. The van der Waals surface area contributed by atoms with Gasteiger partial charge in [-0.2, -0.15) is 0 Å². The average Bonchev–Trinajstić information content (AvgIpc) is 2.15. The van der Waals surface area contributed by atoms with E-state index in [-0.39, 0.29) is 0 Å². The van der Waals surface area contributed by atoms with Crippen molar-refractivity contribution < 1.29 is 9.90 Å². The van der Waals surface area contributed by atoms with Gasteiger partial charge in [-0.25, -0.2) is 0 Å². The average molecular weight is 284 g/mol. The van der Waals surface area contributed by atoms with Gasteiger partial charge >= 0.3 is 5.97 Å². The van der Waals surface area contributed by atoms with E-state index in [2.05, 4.69) is 15.9 Å². The highest BCUT2D eigenvalue weighted by Gasteiger charge is 2.49. The molecule has 0 heterocycles. The number of benzene rings is 1. The lowest BCUT2D eigenvalue weighted by molar-refractivity contribution is -0.156. The second-order valence-electron chi connectivity index (χ2n) is 4.35. The second kappa shape index (κ2) is 4.18. The molecule has 0 radical (unpaired) electrons. The minimum Gasteiger partial charge on any atom is -0.481 e. The van der Waals surface area contributed by atoms with Crippen LogP contribution >= 0.6 is 15.9 Å². The van der Waals surface area contributed by atoms with Gasteiger partial charge in [0.25, 0.3) is 0 Å². The molecule has 4 heteroatoms. The molecule has 1 aliphatic rings. The van der Waals surface area contributed by atoms with Crippen LogP contribution in [0, 0.1) is 5.41 Å². The lowest BCUT2D eigenvalue weighted by Crippen LogP contribution is -2.46. The number of aliphatic carboxylic acids is 1. The Morgan fingerprint density at radius 2 is 2.19 bits per heavy atom. The van der Waals surface area contributed by atoms with Gasteiger partial charge in [-0.05, 0) is 30.5 Å². The van der Waals surface area contributed by atoms with Crippen LogP contribution in [0.2, 0.25) is 0 Å². The molecule has 0 saturated heterocycles. The normalized spacial score (nSPS) is 19.9. The lowest BCUT2D eigenvalue weighted by atomic mass is 9.62. The van der Waals surface area contributed by atoms with Crippen LogP contribution in [0.4, 0.5) is 0 Å². The zero-order chi connectivity index (χ0) is 11.8. The van der Waals surface area contributed by atoms with Gasteiger partial charge in [0.1, 0.15) is 0 Å². The van der Waals surface area contributed by atoms with E-state index in [4.69, 9.17) is 5.73 Å². The molecule has 1 aromatic carbocycles. The smallest absolute Gasteiger partial charge is 0.311 e. The number of carbonyl (C=O) groups is 1. The van der Waals surface area contributed by atoms with Crippen molar-refractivity contribution >= 4 is 21.9 Å². The first-order chi connectivity index (χ1) is 7.56. The van der Waals surface area contributed by atoms with Crippen molar-refractivity contribution in [2.24, 2.45) is 11.1 Å². The summed E-state index contributed by atoms with van der Waals surface area (Å²) in [5.74, 6) is -0.772. The minimum absolute atomic E-state index is 0.420. The van der Waals surface area contributed by atoms with Crippen LogP contribution in [-0.2, 0) is 4.79 Å². The highest BCUT2D eigenvalue weighted by Crippen LogP contribution is 2.49. The number of hydrogen-bond donors (Lipinski definition) is 2. The van der Waals surface area contributed by atoms with E-state index in [9.17, 15) is 9.90 Å². The fourth-order valence-corrected chi connectivity index (χ4v) is 2.65. The largest absolute Gasteiger partial charge is 0.481 e. The number of carboxylic acids is 1. The van der Waals surface area contributed by atoms with Crippen LogP contribution in [0.3, 0.4) is 0 Å². The van der Waals surface area contributed by atoms with Gasteiger partial charge in [-0.3, -0.25) is 4.79 Å². The molecule has 3 nitrogen and oxygen atoms in total. The standard InChI is InChI=1S/C12H14BrNO2/c13-9-4-1-3-8(7-9)10(14)12(11(15)16)5-2-6-12/h1,3-4,7,10H,2,5-6,14H2,(H,15,16). The lowest BCUT2D eigenvalue weighted by Gasteiger charge is -2.42. The van der Waals surface area contributed by atoms with Gasteiger partial charge in [-0.1, -0.05) is 34.5 Å². The molecule has 0 aromatic heterocycles. The Kier molecular flexibility index (Phi) is 3.04. The van der Waals surface area contributed by atoms with E-state index >= 15 is 0 Å². The van der Waals surface area contributed by atoms with Crippen LogP contribution in [0.1, 0.15) is 30.9 Å². The molecule has 1 aromatic rings. The molecule has 0 bridgehead atoms. The number of carboxylic acid groups (broad SMARTS) is 1. The van der Waals surface area contributed by atoms with Gasteiger partial charge in [0.2, 0.25) is 0 Å². The first-order valence-electron chi connectivity index (χ1n) is 5.31. The Balaban J connectivity index is 2.30. The number of halogens is 1. The van der Waals surface area contributed by atoms with E-state index in [1.165, 1.54) is 0 Å². The zero-order valence-corrected chi connectivity index (χ0v) is 10.4. The van der Waals surface area contributed by atoms with E-state index in [1.54, 1.807) is 0 Å². The molecule has 1 aliphatic carbocycles. The van der Waals surface area contributed by atoms with Crippen molar-refractivity contribution in [3.05, 3.63) is 34.3 Å². The van der Waals surface area contributed by atoms with E-state index in [1.807, 2.05) is 24.3 Å². The number of nitrogens with two attached hydrogens (primary N) is 1. The molecular weight excluding hydrogens is 270 g/mol. The minimum atomic E-state index is -0.772. The Morgan fingerprint density at radius 3 is 2.62 bits per heavy atom. The summed E-state index contributed by atoms with van der Waals surface area (Å²) >= 11 is 3.37. The molecule has 86 valence electrons.